The number of benzene rings is 2. The summed E-state index contributed by atoms with van der Waals surface area (Å²) in [6, 6.07) is 11.7. The first-order valence-corrected chi connectivity index (χ1v) is 13.0. The second-order valence-electron chi connectivity index (χ2n) is 9.41. The van der Waals surface area contributed by atoms with Crippen LogP contribution < -0.4 is 26.7 Å². The molecule has 1 fully saturated rings. The molecule has 11 heteroatoms. The van der Waals surface area contributed by atoms with Gasteiger partial charge in [-0.05, 0) is 74.3 Å². The molecule has 2 aromatic carbocycles. The molecular weight excluding hydrogens is 530 g/mol. The molecule has 4 N–H and O–H groups in total. The van der Waals surface area contributed by atoms with Gasteiger partial charge in [-0.15, -0.1) is 0 Å². The van der Waals surface area contributed by atoms with Gasteiger partial charge in [-0.1, -0.05) is 11.8 Å². The van der Waals surface area contributed by atoms with Crippen LogP contribution in [0.3, 0.4) is 0 Å². The number of aromatic nitrogens is 3. The third-order valence-corrected chi connectivity index (χ3v) is 6.58. The van der Waals surface area contributed by atoms with E-state index in [-0.39, 0.29) is 34.3 Å². The van der Waals surface area contributed by atoms with Gasteiger partial charge < -0.3 is 21.1 Å². The Morgan fingerprint density at radius 3 is 2.61 bits per heavy atom. The second-order valence-corrected chi connectivity index (χ2v) is 9.41. The maximum Gasteiger partial charge on any atom is 0.284 e. The van der Waals surface area contributed by atoms with E-state index in [0.29, 0.717) is 17.9 Å². The Morgan fingerprint density at radius 2 is 1.85 bits per heavy atom. The lowest BCUT2D eigenvalue weighted by molar-refractivity contribution is 0.102. The van der Waals surface area contributed by atoms with E-state index in [2.05, 4.69) is 32.6 Å². The molecule has 0 aliphatic carbocycles. The van der Waals surface area contributed by atoms with Crippen molar-refractivity contribution in [1.82, 2.24) is 20.1 Å². The Labute approximate surface area is 234 Å². The number of anilines is 2. The summed E-state index contributed by atoms with van der Waals surface area (Å²) >= 11 is 0. The Kier molecular flexibility index (Phi) is 8.31. The predicted molar refractivity (Wildman–Crippen MR) is 150 cm³/mol. The van der Waals surface area contributed by atoms with Gasteiger partial charge in [-0.2, -0.15) is 9.78 Å². The highest BCUT2D eigenvalue weighted by molar-refractivity contribution is 6.04. The molecule has 0 spiro atoms. The topological polar surface area (TPSA) is 124 Å². The Bertz CT molecular complexity index is 1690. The van der Waals surface area contributed by atoms with Crippen LogP contribution in [-0.4, -0.2) is 33.8 Å². The van der Waals surface area contributed by atoms with E-state index in [1.54, 1.807) is 6.07 Å². The minimum absolute atomic E-state index is 0.0978. The number of amides is 1. The van der Waals surface area contributed by atoms with E-state index in [1.807, 2.05) is 0 Å². The first kappa shape index (κ1) is 27.5. The lowest BCUT2D eigenvalue weighted by Gasteiger charge is -2.20. The van der Waals surface area contributed by atoms with E-state index in [4.69, 9.17) is 10.5 Å². The van der Waals surface area contributed by atoms with Crippen molar-refractivity contribution in [2.75, 3.05) is 24.1 Å². The van der Waals surface area contributed by atoms with Gasteiger partial charge >= 0.3 is 0 Å². The summed E-state index contributed by atoms with van der Waals surface area (Å²) in [4.78, 5) is 29.8. The van der Waals surface area contributed by atoms with E-state index in [1.165, 1.54) is 54.9 Å². The molecule has 3 heterocycles. The molecule has 0 unspecified atom stereocenters. The van der Waals surface area contributed by atoms with Crippen LogP contribution in [0, 0.1) is 29.4 Å². The molecule has 1 saturated heterocycles. The minimum Gasteiger partial charge on any atom is -0.453 e. The van der Waals surface area contributed by atoms with Crippen LogP contribution in [-0.2, 0) is 0 Å². The van der Waals surface area contributed by atoms with Crippen LogP contribution in [0.1, 0.15) is 35.2 Å². The number of hydrogen-bond donors (Lipinski definition) is 3. The van der Waals surface area contributed by atoms with Crippen molar-refractivity contribution >= 4 is 17.4 Å². The molecule has 9 nitrogen and oxygen atoms in total. The molecule has 0 radical (unpaired) electrons. The molecule has 1 aliphatic heterocycles. The zero-order valence-electron chi connectivity index (χ0n) is 21.9. The van der Waals surface area contributed by atoms with Crippen LogP contribution >= 0.6 is 0 Å². The molecule has 4 aromatic rings. The summed E-state index contributed by atoms with van der Waals surface area (Å²) in [5.41, 5.74) is 5.84. The highest BCUT2D eigenvalue weighted by Gasteiger charge is 2.17. The lowest BCUT2D eigenvalue weighted by Crippen LogP contribution is -2.29. The fourth-order valence-electron chi connectivity index (χ4n) is 4.37. The highest BCUT2D eigenvalue weighted by atomic mass is 19.1. The lowest BCUT2D eigenvalue weighted by atomic mass is 9.95. The molecule has 2 aromatic heterocycles. The van der Waals surface area contributed by atoms with Gasteiger partial charge in [0.15, 0.2) is 11.6 Å². The van der Waals surface area contributed by atoms with Crippen molar-refractivity contribution in [2.24, 2.45) is 5.92 Å². The summed E-state index contributed by atoms with van der Waals surface area (Å²) in [5, 5.41) is 9.78. The molecule has 5 rings (SSSR count). The molecule has 1 amide bonds. The third kappa shape index (κ3) is 6.57. The Hall–Kier alpha value is -5.08. The monoisotopic (exact) mass is 556 g/mol. The quantitative estimate of drug-likeness (QED) is 0.303. The number of halogens is 2. The average Bonchev–Trinajstić information content (AvgIpc) is 2.97. The van der Waals surface area contributed by atoms with Crippen molar-refractivity contribution < 1.29 is 18.3 Å². The summed E-state index contributed by atoms with van der Waals surface area (Å²) in [6.07, 6.45) is 5.54. The second kappa shape index (κ2) is 12.4. The SMILES string of the molecule is Nc1nccc(Oc2ccc(NC(=O)c3ccnn(-c4ccc(F)cc4)c3=O)cc2F)c1C#CCC1CCNCC1. The normalized spacial score (nSPS) is 13.2. The number of hydrogen-bond acceptors (Lipinski definition) is 7. The highest BCUT2D eigenvalue weighted by Crippen LogP contribution is 2.30. The number of piperidine rings is 1. The summed E-state index contributed by atoms with van der Waals surface area (Å²) in [6.45, 7) is 1.95. The van der Waals surface area contributed by atoms with E-state index < -0.39 is 23.1 Å². The Morgan fingerprint density at radius 1 is 1.07 bits per heavy atom. The summed E-state index contributed by atoms with van der Waals surface area (Å²) < 4.78 is 35.1. The van der Waals surface area contributed by atoms with Crippen LogP contribution in [0.5, 0.6) is 11.5 Å². The number of nitrogens with zero attached hydrogens (tertiary/aromatic N) is 3. The standard InChI is InChI=1S/C30H26F2N6O3/c31-20-4-7-22(8-5-20)38-30(40)24(12-17-36-38)29(39)37-21-6-9-27(25(32)18-21)41-26-13-16-35-28(33)23(26)3-1-2-19-10-14-34-15-11-19/h4-9,12-13,16-19,34H,2,10-11,14-15H2,(H2,33,35)(H,37,39). The molecule has 1 aliphatic rings. The fraction of sp³-hybridized carbons (Fsp3) is 0.200. The largest absolute Gasteiger partial charge is 0.453 e. The van der Waals surface area contributed by atoms with E-state index in [0.717, 1.165) is 36.7 Å². The predicted octanol–water partition coefficient (Wildman–Crippen LogP) is 4.27. The van der Waals surface area contributed by atoms with Crippen molar-refractivity contribution in [3.63, 3.8) is 0 Å². The number of nitrogens with one attached hydrogen (secondary N) is 2. The smallest absolute Gasteiger partial charge is 0.284 e. The van der Waals surface area contributed by atoms with Gasteiger partial charge in [0.25, 0.3) is 11.5 Å². The van der Waals surface area contributed by atoms with Crippen molar-refractivity contribution in [3.05, 3.63) is 100 Å². The molecule has 0 saturated carbocycles. The van der Waals surface area contributed by atoms with Crippen LogP contribution in [0.4, 0.5) is 20.3 Å². The van der Waals surface area contributed by atoms with Gasteiger partial charge in [0.2, 0.25) is 0 Å². The fourth-order valence-corrected chi connectivity index (χ4v) is 4.37. The van der Waals surface area contributed by atoms with Crippen LogP contribution in [0.25, 0.3) is 5.69 Å². The van der Waals surface area contributed by atoms with Crippen molar-refractivity contribution in [2.45, 2.75) is 19.3 Å². The average molecular weight is 557 g/mol. The van der Waals surface area contributed by atoms with Gasteiger partial charge in [0.05, 0.1) is 5.69 Å². The van der Waals surface area contributed by atoms with Gasteiger partial charge in [-0.3, -0.25) is 9.59 Å². The van der Waals surface area contributed by atoms with Crippen LogP contribution in [0.15, 0.2) is 71.8 Å². The van der Waals surface area contributed by atoms with Gasteiger partial charge in [0.1, 0.15) is 28.5 Å². The number of ether oxygens (including phenoxy) is 1. The maximum atomic E-state index is 15.0. The maximum absolute atomic E-state index is 15.0. The first-order valence-electron chi connectivity index (χ1n) is 13.0. The summed E-state index contributed by atoms with van der Waals surface area (Å²) in [7, 11) is 0. The zero-order valence-corrected chi connectivity index (χ0v) is 21.9. The summed E-state index contributed by atoms with van der Waals surface area (Å²) in [5.74, 6) is 5.00. The van der Waals surface area contributed by atoms with Crippen LogP contribution in [0.2, 0.25) is 0 Å². The van der Waals surface area contributed by atoms with Gasteiger partial charge in [-0.25, -0.2) is 13.8 Å². The first-order chi connectivity index (χ1) is 19.9. The van der Waals surface area contributed by atoms with E-state index >= 15 is 4.39 Å². The van der Waals surface area contributed by atoms with Crippen molar-refractivity contribution in [3.8, 4) is 29.0 Å². The number of carbonyl (C=O) groups is 1. The van der Waals surface area contributed by atoms with E-state index in [9.17, 15) is 14.0 Å². The number of nitrogen functional groups attached to an aromatic ring is 1. The van der Waals surface area contributed by atoms with Crippen molar-refractivity contribution in [1.29, 1.82) is 0 Å². The zero-order chi connectivity index (χ0) is 28.8. The molecule has 208 valence electrons. The number of pyridine rings is 1. The molecule has 41 heavy (non-hydrogen) atoms. The minimum atomic E-state index is -0.769. The number of rotatable bonds is 6. The molecule has 0 atom stereocenters. The number of carbonyl (C=O) groups excluding carboxylic acids is 1. The molecule has 0 bridgehead atoms. The third-order valence-electron chi connectivity index (χ3n) is 6.58. The Balaban J connectivity index is 1.31. The molecular formula is C30H26F2N6O3. The van der Waals surface area contributed by atoms with Gasteiger partial charge in [0, 0.05) is 36.6 Å². The number of nitrogens with two attached hydrogens (primary N) is 1.